The van der Waals surface area contributed by atoms with E-state index in [4.69, 9.17) is 16.3 Å². The van der Waals surface area contributed by atoms with Crippen LogP contribution in [-0.2, 0) is 6.18 Å². The third kappa shape index (κ3) is 3.77. The van der Waals surface area contributed by atoms with Crippen LogP contribution < -0.4 is 10.3 Å². The summed E-state index contributed by atoms with van der Waals surface area (Å²) in [7, 11) is 1.41. The molecule has 140 valence electrons. The number of pyridine rings is 1. The molecule has 0 amide bonds. The minimum Gasteiger partial charge on any atom is -0.481 e. The fourth-order valence-electron chi connectivity index (χ4n) is 2.39. The second kappa shape index (κ2) is 6.99. The quantitative estimate of drug-likeness (QED) is 0.666. The van der Waals surface area contributed by atoms with E-state index in [1.54, 1.807) is 0 Å². The summed E-state index contributed by atoms with van der Waals surface area (Å²) in [5, 5.41) is -0.530. The summed E-state index contributed by atoms with van der Waals surface area (Å²) in [4.78, 5) is 22.0. The Morgan fingerprint density at radius 3 is 2.52 bits per heavy atom. The highest BCUT2D eigenvalue weighted by molar-refractivity contribution is 6.31. The van der Waals surface area contributed by atoms with Gasteiger partial charge >= 0.3 is 6.18 Å². The molecule has 2 heterocycles. The normalized spacial score (nSPS) is 11.5. The van der Waals surface area contributed by atoms with Gasteiger partial charge in [-0.25, -0.2) is 14.4 Å². The number of alkyl halides is 3. The zero-order chi connectivity index (χ0) is 19.8. The Kier molecular flexibility index (Phi) is 4.88. The van der Waals surface area contributed by atoms with E-state index in [2.05, 4.69) is 15.0 Å². The lowest BCUT2D eigenvalue weighted by Gasteiger charge is -2.14. The molecule has 1 aromatic carbocycles. The highest BCUT2D eigenvalue weighted by atomic mass is 35.5. The number of hydrogen-bond acceptors (Lipinski definition) is 4. The molecule has 3 rings (SSSR count). The van der Waals surface area contributed by atoms with Gasteiger partial charge in [-0.2, -0.15) is 13.2 Å². The Hall–Kier alpha value is -2.94. The van der Waals surface area contributed by atoms with Gasteiger partial charge in [0.15, 0.2) is 5.82 Å². The van der Waals surface area contributed by atoms with Gasteiger partial charge in [0.2, 0.25) is 5.88 Å². The van der Waals surface area contributed by atoms with Crippen molar-refractivity contribution in [1.29, 1.82) is 0 Å². The van der Waals surface area contributed by atoms with Crippen LogP contribution in [-0.4, -0.2) is 22.1 Å². The number of H-pyrrole nitrogens is 1. The Labute approximate surface area is 154 Å². The van der Waals surface area contributed by atoms with Crippen molar-refractivity contribution < 1.29 is 22.3 Å². The Morgan fingerprint density at radius 2 is 1.93 bits per heavy atom. The zero-order valence-corrected chi connectivity index (χ0v) is 14.3. The molecule has 1 N–H and O–H groups in total. The molecule has 0 aliphatic rings. The van der Waals surface area contributed by atoms with Gasteiger partial charge in [-0.15, -0.1) is 0 Å². The van der Waals surface area contributed by atoms with Crippen LogP contribution in [0.25, 0.3) is 22.6 Å². The molecule has 0 saturated heterocycles. The summed E-state index contributed by atoms with van der Waals surface area (Å²) in [5.74, 6) is -1.63. The van der Waals surface area contributed by atoms with Gasteiger partial charge in [0, 0.05) is 23.9 Å². The number of halogens is 5. The van der Waals surface area contributed by atoms with E-state index in [-0.39, 0.29) is 5.69 Å². The molecule has 0 radical (unpaired) electrons. The highest BCUT2D eigenvalue weighted by Gasteiger charge is 2.36. The molecule has 0 atom stereocenters. The zero-order valence-electron chi connectivity index (χ0n) is 13.6. The summed E-state index contributed by atoms with van der Waals surface area (Å²) in [5.41, 5.74) is -2.66. The second-order valence-electron chi connectivity index (χ2n) is 5.35. The van der Waals surface area contributed by atoms with E-state index >= 15 is 0 Å². The topological polar surface area (TPSA) is 67.9 Å². The smallest absolute Gasteiger partial charge is 0.417 e. The lowest BCUT2D eigenvalue weighted by molar-refractivity contribution is -0.137. The number of aromatic amines is 1. The summed E-state index contributed by atoms with van der Waals surface area (Å²) in [6.45, 7) is 0. The molecule has 5 nitrogen and oxygen atoms in total. The van der Waals surface area contributed by atoms with Crippen molar-refractivity contribution in [2.75, 3.05) is 7.11 Å². The maximum absolute atomic E-state index is 14.4. The number of ether oxygens (including phenoxy) is 1. The van der Waals surface area contributed by atoms with Gasteiger partial charge in [0.1, 0.15) is 5.82 Å². The van der Waals surface area contributed by atoms with Crippen molar-refractivity contribution in [3.05, 3.63) is 63.3 Å². The number of benzene rings is 1. The van der Waals surface area contributed by atoms with Crippen LogP contribution in [0, 0.1) is 5.82 Å². The van der Waals surface area contributed by atoms with Crippen molar-refractivity contribution >= 4 is 11.6 Å². The van der Waals surface area contributed by atoms with Gasteiger partial charge in [-0.3, -0.25) is 4.79 Å². The maximum atomic E-state index is 14.4. The summed E-state index contributed by atoms with van der Waals surface area (Å²) in [6.07, 6.45) is -3.56. The molecule has 27 heavy (non-hydrogen) atoms. The van der Waals surface area contributed by atoms with Crippen LogP contribution in [0.5, 0.6) is 5.88 Å². The summed E-state index contributed by atoms with van der Waals surface area (Å²) in [6, 6.07) is 5.47. The summed E-state index contributed by atoms with van der Waals surface area (Å²) < 4.78 is 59.2. The van der Waals surface area contributed by atoms with Gasteiger partial charge in [0.05, 0.1) is 29.0 Å². The number of rotatable bonds is 3. The second-order valence-corrected chi connectivity index (χ2v) is 5.76. The number of nitrogens with zero attached hydrogens (tertiary/aromatic N) is 2. The van der Waals surface area contributed by atoms with E-state index in [1.165, 1.54) is 25.4 Å². The average molecular weight is 400 g/mol. The molecule has 0 spiro atoms. The van der Waals surface area contributed by atoms with Gasteiger partial charge in [0.25, 0.3) is 5.56 Å². The number of hydrogen-bond donors (Lipinski definition) is 1. The standard InChI is InChI=1S/C17H10ClF4N3O2/c1-27-13-5-2-8(7-23-13)11-6-12(26)25-16(24-11)14-9(17(20,21)22)3-4-10(18)15(14)19/h2-7H,1H3,(H,24,25,26). The average Bonchev–Trinajstić information content (AvgIpc) is 2.62. The number of methoxy groups -OCH3 is 1. The largest absolute Gasteiger partial charge is 0.481 e. The predicted octanol–water partition coefficient (Wildman–Crippen LogP) is 4.32. The van der Waals surface area contributed by atoms with E-state index in [1.807, 2.05) is 0 Å². The first-order valence-electron chi connectivity index (χ1n) is 7.38. The molecule has 0 aliphatic carbocycles. The minimum atomic E-state index is -4.88. The molecule has 3 aromatic rings. The van der Waals surface area contributed by atoms with Crippen LogP contribution in [0.1, 0.15) is 5.56 Å². The fraction of sp³-hybridized carbons (Fsp3) is 0.118. The number of aromatic nitrogens is 3. The molecule has 0 aliphatic heterocycles. The van der Waals surface area contributed by atoms with Crippen LogP contribution in [0.15, 0.2) is 41.3 Å². The third-order valence-corrected chi connectivity index (χ3v) is 3.91. The van der Waals surface area contributed by atoms with Gasteiger partial charge < -0.3 is 9.72 Å². The van der Waals surface area contributed by atoms with Crippen LogP contribution in [0.3, 0.4) is 0 Å². The van der Waals surface area contributed by atoms with E-state index in [9.17, 15) is 22.4 Å². The molecular weight excluding hydrogens is 390 g/mol. The van der Waals surface area contributed by atoms with Gasteiger partial charge in [-0.1, -0.05) is 11.6 Å². The SMILES string of the molecule is COc1ccc(-c2cc(=O)[nH]c(-c3c(C(F)(F)F)ccc(Cl)c3F)n2)cn1. The van der Waals surface area contributed by atoms with Crippen LogP contribution in [0.2, 0.25) is 5.02 Å². The molecule has 0 unspecified atom stereocenters. The Bertz CT molecular complexity index is 1050. The van der Waals surface area contributed by atoms with Crippen LogP contribution in [0.4, 0.5) is 17.6 Å². The lowest BCUT2D eigenvalue weighted by Crippen LogP contribution is -2.14. The van der Waals surface area contributed by atoms with Crippen molar-refractivity contribution in [3.63, 3.8) is 0 Å². The van der Waals surface area contributed by atoms with E-state index < -0.39 is 39.5 Å². The fourth-order valence-corrected chi connectivity index (χ4v) is 2.55. The summed E-state index contributed by atoms with van der Waals surface area (Å²) >= 11 is 5.63. The van der Waals surface area contributed by atoms with Crippen molar-refractivity contribution in [3.8, 4) is 28.5 Å². The van der Waals surface area contributed by atoms with Crippen molar-refractivity contribution in [1.82, 2.24) is 15.0 Å². The first kappa shape index (κ1) is 18.8. The third-order valence-electron chi connectivity index (χ3n) is 3.62. The first-order valence-corrected chi connectivity index (χ1v) is 7.76. The van der Waals surface area contributed by atoms with Crippen molar-refractivity contribution in [2.45, 2.75) is 6.18 Å². The van der Waals surface area contributed by atoms with Gasteiger partial charge in [-0.05, 0) is 18.2 Å². The molecule has 0 bridgehead atoms. The molecule has 0 fully saturated rings. The minimum absolute atomic E-state index is 0.0106. The van der Waals surface area contributed by atoms with Crippen LogP contribution >= 0.6 is 11.6 Å². The lowest BCUT2D eigenvalue weighted by atomic mass is 10.0. The molecular formula is C17H10ClF4N3O2. The maximum Gasteiger partial charge on any atom is 0.417 e. The molecule has 0 saturated carbocycles. The van der Waals surface area contributed by atoms with E-state index in [0.717, 1.165) is 12.1 Å². The Morgan fingerprint density at radius 1 is 1.19 bits per heavy atom. The Balaban J connectivity index is 2.23. The van der Waals surface area contributed by atoms with E-state index in [0.29, 0.717) is 17.5 Å². The van der Waals surface area contributed by atoms with Crippen molar-refractivity contribution in [2.24, 2.45) is 0 Å². The first-order chi connectivity index (χ1) is 12.7. The molecule has 2 aromatic heterocycles. The molecule has 10 heteroatoms. The predicted molar refractivity (Wildman–Crippen MR) is 90.0 cm³/mol. The number of nitrogens with one attached hydrogen (secondary N) is 1. The highest BCUT2D eigenvalue weighted by Crippen LogP contribution is 2.39. The monoisotopic (exact) mass is 399 g/mol.